The maximum absolute atomic E-state index is 11.0. The molecule has 0 spiro atoms. The van der Waals surface area contributed by atoms with Crippen LogP contribution in [0, 0.1) is 0 Å². The van der Waals surface area contributed by atoms with Gasteiger partial charge in [-0.15, -0.1) is 0 Å². The van der Waals surface area contributed by atoms with Crippen LogP contribution in [0.15, 0.2) is 24.3 Å². The van der Waals surface area contributed by atoms with E-state index in [9.17, 15) is 4.79 Å². The Morgan fingerprint density at radius 1 is 1.21 bits per heavy atom. The molecule has 1 rings (SSSR count). The lowest BCUT2D eigenvalue weighted by molar-refractivity contribution is 0.101. The van der Waals surface area contributed by atoms with Crippen LogP contribution in [0.5, 0.6) is 0 Å². The standard InChI is InChI=1S/C10H13NO.C2H6/c1-8(12)9-5-4-6-10(7-9)11(2)3;1-2/h4-7H,1-3H3;1-2H3. The molecule has 2 nitrogen and oxygen atoms in total. The third-order valence-electron chi connectivity index (χ3n) is 1.77. The number of hydrogen-bond acceptors (Lipinski definition) is 2. The zero-order valence-corrected chi connectivity index (χ0v) is 9.66. The average Bonchev–Trinajstić information content (AvgIpc) is 2.21. The van der Waals surface area contributed by atoms with Crippen LogP contribution in [0.1, 0.15) is 31.1 Å². The second-order valence-corrected chi connectivity index (χ2v) is 3.00. The van der Waals surface area contributed by atoms with Crippen molar-refractivity contribution in [3.8, 4) is 0 Å². The Labute approximate surface area is 86.5 Å². The van der Waals surface area contributed by atoms with Crippen molar-refractivity contribution in [3.05, 3.63) is 29.8 Å². The molecular weight excluding hydrogens is 174 g/mol. The van der Waals surface area contributed by atoms with Crippen LogP contribution in [0.3, 0.4) is 0 Å². The number of ketones is 1. The average molecular weight is 193 g/mol. The number of nitrogens with zero attached hydrogens (tertiary/aromatic N) is 1. The van der Waals surface area contributed by atoms with Crippen LogP contribution in [0.2, 0.25) is 0 Å². The number of hydrogen-bond donors (Lipinski definition) is 0. The minimum atomic E-state index is 0.110. The Morgan fingerprint density at radius 3 is 2.21 bits per heavy atom. The van der Waals surface area contributed by atoms with Gasteiger partial charge >= 0.3 is 0 Å². The largest absolute Gasteiger partial charge is 0.378 e. The van der Waals surface area contributed by atoms with Gasteiger partial charge in [0, 0.05) is 25.3 Å². The van der Waals surface area contributed by atoms with E-state index in [4.69, 9.17) is 0 Å². The first-order valence-electron chi connectivity index (χ1n) is 4.89. The molecule has 0 N–H and O–H groups in total. The first-order valence-corrected chi connectivity index (χ1v) is 4.89. The fourth-order valence-corrected chi connectivity index (χ4v) is 1.00. The summed E-state index contributed by atoms with van der Waals surface area (Å²) in [7, 11) is 3.92. The Kier molecular flexibility index (Phi) is 5.61. The van der Waals surface area contributed by atoms with Crippen LogP contribution in [0.25, 0.3) is 0 Å². The molecule has 0 atom stereocenters. The van der Waals surface area contributed by atoms with Crippen LogP contribution in [0.4, 0.5) is 5.69 Å². The number of benzene rings is 1. The van der Waals surface area contributed by atoms with E-state index in [0.717, 1.165) is 11.3 Å². The van der Waals surface area contributed by atoms with Crippen LogP contribution >= 0.6 is 0 Å². The summed E-state index contributed by atoms with van der Waals surface area (Å²) in [5.41, 5.74) is 1.82. The maximum Gasteiger partial charge on any atom is 0.159 e. The molecule has 0 saturated carbocycles. The Balaban J connectivity index is 0.000000791. The summed E-state index contributed by atoms with van der Waals surface area (Å²) in [6.45, 7) is 5.58. The highest BCUT2D eigenvalue weighted by Gasteiger charge is 2.00. The molecule has 0 bridgehead atoms. The molecule has 14 heavy (non-hydrogen) atoms. The van der Waals surface area contributed by atoms with Crippen molar-refractivity contribution in [2.45, 2.75) is 20.8 Å². The van der Waals surface area contributed by atoms with E-state index in [1.807, 2.05) is 57.1 Å². The topological polar surface area (TPSA) is 20.3 Å². The number of rotatable bonds is 2. The summed E-state index contributed by atoms with van der Waals surface area (Å²) in [5, 5.41) is 0. The third-order valence-corrected chi connectivity index (χ3v) is 1.77. The molecule has 0 aliphatic carbocycles. The first kappa shape index (κ1) is 12.7. The van der Waals surface area contributed by atoms with Gasteiger partial charge in [0.15, 0.2) is 5.78 Å². The van der Waals surface area contributed by atoms with Gasteiger partial charge in [-0.1, -0.05) is 26.0 Å². The lowest BCUT2D eigenvalue weighted by Gasteiger charge is -2.12. The number of carbonyl (C=O) groups excluding carboxylic acids is 1. The second-order valence-electron chi connectivity index (χ2n) is 3.00. The Morgan fingerprint density at radius 2 is 1.79 bits per heavy atom. The molecular formula is C12H19NO. The minimum Gasteiger partial charge on any atom is -0.378 e. The van der Waals surface area contributed by atoms with Crippen LogP contribution in [-0.4, -0.2) is 19.9 Å². The van der Waals surface area contributed by atoms with E-state index in [1.54, 1.807) is 6.92 Å². The summed E-state index contributed by atoms with van der Waals surface area (Å²) in [6, 6.07) is 7.59. The second kappa shape index (κ2) is 6.19. The van der Waals surface area contributed by atoms with Gasteiger partial charge in [0.05, 0.1) is 0 Å². The lowest BCUT2D eigenvalue weighted by atomic mass is 10.1. The molecule has 78 valence electrons. The van der Waals surface area contributed by atoms with Crippen molar-refractivity contribution in [2.24, 2.45) is 0 Å². The zero-order valence-electron chi connectivity index (χ0n) is 9.66. The smallest absolute Gasteiger partial charge is 0.159 e. The third kappa shape index (κ3) is 3.60. The van der Waals surface area contributed by atoms with E-state index in [-0.39, 0.29) is 5.78 Å². The number of carbonyl (C=O) groups is 1. The summed E-state index contributed by atoms with van der Waals surface area (Å²) in [4.78, 5) is 13.0. The summed E-state index contributed by atoms with van der Waals surface area (Å²) in [5.74, 6) is 0.110. The van der Waals surface area contributed by atoms with E-state index in [0.29, 0.717) is 0 Å². The van der Waals surface area contributed by atoms with Crippen LogP contribution < -0.4 is 4.90 Å². The number of Topliss-reactive ketones (excluding diaryl/α,β-unsaturated/α-hetero) is 1. The highest BCUT2D eigenvalue weighted by Crippen LogP contribution is 2.13. The molecule has 1 aromatic rings. The van der Waals surface area contributed by atoms with Gasteiger partial charge in [0.2, 0.25) is 0 Å². The Hall–Kier alpha value is -1.31. The van der Waals surface area contributed by atoms with Crippen molar-refractivity contribution < 1.29 is 4.79 Å². The van der Waals surface area contributed by atoms with Gasteiger partial charge in [-0.3, -0.25) is 4.79 Å². The van der Waals surface area contributed by atoms with E-state index < -0.39 is 0 Å². The molecule has 0 heterocycles. The van der Waals surface area contributed by atoms with Gasteiger partial charge < -0.3 is 4.90 Å². The van der Waals surface area contributed by atoms with Crippen molar-refractivity contribution in [1.82, 2.24) is 0 Å². The van der Waals surface area contributed by atoms with Gasteiger partial charge in [-0.05, 0) is 19.1 Å². The molecule has 1 aromatic carbocycles. The minimum absolute atomic E-state index is 0.110. The lowest BCUT2D eigenvalue weighted by Crippen LogP contribution is -2.09. The molecule has 0 amide bonds. The quantitative estimate of drug-likeness (QED) is 0.673. The monoisotopic (exact) mass is 193 g/mol. The zero-order chi connectivity index (χ0) is 11.1. The van der Waals surface area contributed by atoms with Gasteiger partial charge in [-0.2, -0.15) is 0 Å². The molecule has 0 saturated heterocycles. The normalized spacial score (nSPS) is 8.64. The highest BCUT2D eigenvalue weighted by molar-refractivity contribution is 5.94. The fourth-order valence-electron chi connectivity index (χ4n) is 1.00. The molecule has 0 aliphatic heterocycles. The molecule has 0 fully saturated rings. The SMILES string of the molecule is CC.CC(=O)c1cccc(N(C)C)c1. The predicted molar refractivity (Wildman–Crippen MR) is 62.1 cm³/mol. The van der Waals surface area contributed by atoms with Crippen molar-refractivity contribution in [1.29, 1.82) is 0 Å². The summed E-state index contributed by atoms with van der Waals surface area (Å²) in [6.07, 6.45) is 0. The van der Waals surface area contributed by atoms with Crippen LogP contribution in [-0.2, 0) is 0 Å². The van der Waals surface area contributed by atoms with Gasteiger partial charge in [0.1, 0.15) is 0 Å². The summed E-state index contributed by atoms with van der Waals surface area (Å²) >= 11 is 0. The van der Waals surface area contributed by atoms with E-state index >= 15 is 0 Å². The maximum atomic E-state index is 11.0. The molecule has 0 radical (unpaired) electrons. The van der Waals surface area contributed by atoms with Crippen molar-refractivity contribution in [3.63, 3.8) is 0 Å². The fraction of sp³-hybridized carbons (Fsp3) is 0.417. The molecule has 0 aliphatic rings. The molecule has 2 heteroatoms. The first-order chi connectivity index (χ1) is 6.61. The van der Waals surface area contributed by atoms with Crippen molar-refractivity contribution >= 4 is 11.5 Å². The Bertz CT molecular complexity index is 292. The van der Waals surface area contributed by atoms with E-state index in [2.05, 4.69) is 0 Å². The van der Waals surface area contributed by atoms with E-state index in [1.165, 1.54) is 0 Å². The predicted octanol–water partition coefficient (Wildman–Crippen LogP) is 2.98. The molecule has 0 unspecified atom stereocenters. The number of anilines is 1. The van der Waals surface area contributed by atoms with Gasteiger partial charge in [-0.25, -0.2) is 0 Å². The van der Waals surface area contributed by atoms with Gasteiger partial charge in [0.25, 0.3) is 0 Å². The summed E-state index contributed by atoms with van der Waals surface area (Å²) < 4.78 is 0. The highest BCUT2D eigenvalue weighted by atomic mass is 16.1. The van der Waals surface area contributed by atoms with Crippen molar-refractivity contribution in [2.75, 3.05) is 19.0 Å². The molecule has 0 aromatic heterocycles.